The Morgan fingerprint density at radius 1 is 1.23 bits per heavy atom. The molecule has 0 amide bonds. The van der Waals surface area contributed by atoms with Gasteiger partial charge in [-0.3, -0.25) is 0 Å². The molecule has 0 aliphatic heterocycles. The van der Waals surface area contributed by atoms with E-state index >= 15 is 0 Å². The van der Waals surface area contributed by atoms with Crippen molar-refractivity contribution in [1.29, 1.82) is 0 Å². The third-order valence-corrected chi connectivity index (χ3v) is 1.20. The van der Waals surface area contributed by atoms with E-state index < -0.39 is 5.97 Å². The summed E-state index contributed by atoms with van der Waals surface area (Å²) >= 11 is 0. The molecule has 2 nitrogen and oxygen atoms in total. The zero-order chi connectivity index (χ0) is 10.1. The summed E-state index contributed by atoms with van der Waals surface area (Å²) < 4.78 is 0. The number of hydrogen-bond donors (Lipinski definition) is 0. The first kappa shape index (κ1) is 11.2. The molecule has 0 aromatic heterocycles. The number of carboxylic acids is 1. The van der Waals surface area contributed by atoms with E-state index in [4.69, 9.17) is 9.90 Å². The number of rotatable bonds is 2. The molecule has 0 aliphatic carbocycles. The van der Waals surface area contributed by atoms with Gasteiger partial charge >= 0.3 is 0 Å². The van der Waals surface area contributed by atoms with Crippen LogP contribution in [0.3, 0.4) is 0 Å². The molecular weight excluding hydrogens is 164 g/mol. The SMILES string of the molecule is C=CC(=O)[O-].C=Cc1ccccc1. The zero-order valence-corrected chi connectivity index (χ0v) is 7.27. The number of hydrogen-bond acceptors (Lipinski definition) is 2. The predicted molar refractivity (Wildman–Crippen MR) is 51.7 cm³/mol. The zero-order valence-electron chi connectivity index (χ0n) is 7.27. The first-order chi connectivity index (χ1) is 6.20. The number of benzene rings is 1. The highest BCUT2D eigenvalue weighted by atomic mass is 16.4. The van der Waals surface area contributed by atoms with Gasteiger partial charge in [-0.1, -0.05) is 49.6 Å². The maximum Gasteiger partial charge on any atom is 0.0636 e. The summed E-state index contributed by atoms with van der Waals surface area (Å²) in [7, 11) is 0. The lowest BCUT2D eigenvalue weighted by Crippen LogP contribution is -2.17. The Morgan fingerprint density at radius 2 is 1.69 bits per heavy atom. The second-order valence-electron chi connectivity index (χ2n) is 2.14. The highest BCUT2D eigenvalue weighted by Crippen LogP contribution is 1.97. The third-order valence-electron chi connectivity index (χ3n) is 1.20. The van der Waals surface area contributed by atoms with Gasteiger partial charge in [-0.2, -0.15) is 0 Å². The Bertz CT molecular complexity index is 275. The molecule has 0 bridgehead atoms. The van der Waals surface area contributed by atoms with Crippen LogP contribution in [0, 0.1) is 0 Å². The quantitative estimate of drug-likeness (QED) is 0.635. The second kappa shape index (κ2) is 6.85. The normalized spacial score (nSPS) is 7.69. The molecule has 13 heavy (non-hydrogen) atoms. The molecule has 0 atom stereocenters. The Balaban J connectivity index is 0.000000252. The maximum absolute atomic E-state index is 9.14. The predicted octanol–water partition coefficient (Wildman–Crippen LogP) is 1.25. The van der Waals surface area contributed by atoms with Crippen LogP contribution in [0.5, 0.6) is 0 Å². The van der Waals surface area contributed by atoms with Crippen molar-refractivity contribution in [2.45, 2.75) is 0 Å². The highest BCUT2D eigenvalue weighted by Gasteiger charge is 1.75. The standard InChI is InChI=1S/C8H8.C3H4O2/c1-2-8-6-4-3-5-7-8;1-2-3(4)5/h2-7H,1H2;2H,1H2,(H,4,5)/p-1. The minimum Gasteiger partial charge on any atom is -0.545 e. The Labute approximate surface area is 77.8 Å². The molecule has 2 heteroatoms. The third kappa shape index (κ3) is 6.56. The number of carbonyl (C=O) groups excluding carboxylic acids is 1. The summed E-state index contributed by atoms with van der Waals surface area (Å²) in [6.45, 7) is 6.53. The Morgan fingerprint density at radius 3 is 1.92 bits per heavy atom. The van der Waals surface area contributed by atoms with Crippen molar-refractivity contribution in [3.05, 3.63) is 55.1 Å². The van der Waals surface area contributed by atoms with Gasteiger partial charge in [0.15, 0.2) is 0 Å². The fraction of sp³-hybridized carbons (Fsp3) is 0. The van der Waals surface area contributed by atoms with Crippen molar-refractivity contribution in [1.82, 2.24) is 0 Å². The van der Waals surface area contributed by atoms with Gasteiger partial charge in [0.1, 0.15) is 0 Å². The summed E-state index contributed by atoms with van der Waals surface area (Å²) in [5.74, 6) is -1.23. The van der Waals surface area contributed by atoms with E-state index in [0.29, 0.717) is 0 Å². The molecule has 1 aromatic rings. The lowest BCUT2D eigenvalue weighted by molar-refractivity contribution is -0.297. The van der Waals surface area contributed by atoms with Crippen LogP contribution in [-0.4, -0.2) is 5.97 Å². The molecule has 68 valence electrons. The van der Waals surface area contributed by atoms with Crippen LogP contribution in [0.2, 0.25) is 0 Å². The highest BCUT2D eigenvalue weighted by molar-refractivity contribution is 5.76. The monoisotopic (exact) mass is 175 g/mol. The Kier molecular flexibility index (Phi) is 5.89. The van der Waals surface area contributed by atoms with E-state index in [0.717, 1.165) is 6.08 Å². The molecule has 0 saturated heterocycles. The van der Waals surface area contributed by atoms with Crippen molar-refractivity contribution >= 4 is 12.0 Å². The first-order valence-electron chi connectivity index (χ1n) is 3.71. The fourth-order valence-electron chi connectivity index (χ4n) is 0.589. The summed E-state index contributed by atoms with van der Waals surface area (Å²) in [4.78, 5) is 9.14. The molecule has 0 radical (unpaired) electrons. The maximum atomic E-state index is 9.14. The van der Waals surface area contributed by atoms with Crippen LogP contribution in [0.25, 0.3) is 6.08 Å². The smallest absolute Gasteiger partial charge is 0.0636 e. The van der Waals surface area contributed by atoms with Crippen molar-refractivity contribution in [3.63, 3.8) is 0 Å². The van der Waals surface area contributed by atoms with Gasteiger partial charge in [0.05, 0.1) is 5.97 Å². The molecule has 1 rings (SSSR count). The van der Waals surface area contributed by atoms with E-state index in [1.54, 1.807) is 0 Å². The minimum absolute atomic E-state index is 0.722. The van der Waals surface area contributed by atoms with Crippen molar-refractivity contribution in [2.24, 2.45) is 0 Å². The molecule has 0 saturated carbocycles. The average Bonchev–Trinajstić information content (AvgIpc) is 2.20. The summed E-state index contributed by atoms with van der Waals surface area (Å²) in [6, 6.07) is 10.0. The second-order valence-corrected chi connectivity index (χ2v) is 2.14. The Hall–Kier alpha value is -1.83. The largest absolute Gasteiger partial charge is 0.545 e. The van der Waals surface area contributed by atoms with Crippen LogP contribution < -0.4 is 5.11 Å². The molecule has 0 aliphatic rings. The van der Waals surface area contributed by atoms with Gasteiger partial charge in [0.25, 0.3) is 0 Å². The summed E-state index contributed by atoms with van der Waals surface area (Å²) in [5, 5.41) is 9.14. The van der Waals surface area contributed by atoms with Crippen LogP contribution in [0.15, 0.2) is 49.6 Å². The molecular formula is C11H11O2-. The van der Waals surface area contributed by atoms with Crippen LogP contribution in [0.4, 0.5) is 0 Å². The molecule has 1 aromatic carbocycles. The minimum atomic E-state index is -1.23. The number of aliphatic carboxylic acids is 1. The van der Waals surface area contributed by atoms with Gasteiger partial charge in [-0.15, -0.1) is 0 Å². The van der Waals surface area contributed by atoms with Crippen molar-refractivity contribution < 1.29 is 9.90 Å². The average molecular weight is 175 g/mol. The van der Waals surface area contributed by atoms with Gasteiger partial charge in [-0.25, -0.2) is 0 Å². The topological polar surface area (TPSA) is 40.1 Å². The number of carbonyl (C=O) groups is 1. The van der Waals surface area contributed by atoms with Crippen LogP contribution in [0.1, 0.15) is 5.56 Å². The molecule has 0 unspecified atom stereocenters. The van der Waals surface area contributed by atoms with E-state index in [9.17, 15) is 0 Å². The number of carboxylic acid groups (broad SMARTS) is 1. The lowest BCUT2D eigenvalue weighted by Gasteiger charge is -1.85. The van der Waals surface area contributed by atoms with Crippen LogP contribution >= 0.6 is 0 Å². The van der Waals surface area contributed by atoms with Gasteiger partial charge in [-0.05, 0) is 11.6 Å². The van der Waals surface area contributed by atoms with E-state index in [-0.39, 0.29) is 0 Å². The van der Waals surface area contributed by atoms with E-state index in [1.165, 1.54) is 5.56 Å². The molecule has 0 spiro atoms. The molecule has 0 N–H and O–H groups in total. The fourth-order valence-corrected chi connectivity index (χ4v) is 0.589. The first-order valence-corrected chi connectivity index (χ1v) is 3.71. The van der Waals surface area contributed by atoms with Gasteiger partial charge in [0.2, 0.25) is 0 Å². The lowest BCUT2D eigenvalue weighted by atomic mass is 10.2. The van der Waals surface area contributed by atoms with E-state index in [2.05, 4.69) is 13.2 Å². The van der Waals surface area contributed by atoms with Crippen LogP contribution in [-0.2, 0) is 4.79 Å². The summed E-state index contributed by atoms with van der Waals surface area (Å²) in [5.41, 5.74) is 1.17. The van der Waals surface area contributed by atoms with Crippen molar-refractivity contribution in [2.75, 3.05) is 0 Å². The molecule has 0 heterocycles. The van der Waals surface area contributed by atoms with Crippen molar-refractivity contribution in [3.8, 4) is 0 Å². The van der Waals surface area contributed by atoms with Gasteiger partial charge < -0.3 is 9.90 Å². The van der Waals surface area contributed by atoms with Gasteiger partial charge in [0, 0.05) is 0 Å². The molecule has 0 fully saturated rings. The van der Waals surface area contributed by atoms with E-state index in [1.807, 2.05) is 36.4 Å². The summed E-state index contributed by atoms with van der Waals surface area (Å²) in [6.07, 6.45) is 2.56.